The number of hydrogen-bond donors (Lipinski definition) is 2. The van der Waals surface area contributed by atoms with Crippen LogP contribution < -0.4 is 4.90 Å². The Labute approximate surface area is 231 Å². The molecule has 2 aliphatic heterocycles. The van der Waals surface area contributed by atoms with Crippen LogP contribution in [0.15, 0.2) is 52.3 Å². The number of aliphatic carboxylic acids is 1. The van der Waals surface area contributed by atoms with Crippen molar-refractivity contribution in [3.8, 4) is 0 Å². The number of piperidine rings is 1. The van der Waals surface area contributed by atoms with Gasteiger partial charge in [0.1, 0.15) is 0 Å². The van der Waals surface area contributed by atoms with Crippen LogP contribution in [0.3, 0.4) is 0 Å². The molecule has 4 rings (SSSR count). The number of carboxylic acids is 1. The topological polar surface area (TPSA) is 84.3 Å². The molecule has 0 aliphatic carbocycles. The van der Waals surface area contributed by atoms with Crippen molar-refractivity contribution in [1.82, 2.24) is 9.80 Å². The van der Waals surface area contributed by atoms with Gasteiger partial charge in [-0.3, -0.25) is 14.5 Å². The van der Waals surface area contributed by atoms with Crippen LogP contribution in [0.2, 0.25) is 10.0 Å². The lowest BCUT2D eigenvalue weighted by Gasteiger charge is -2.33. The third kappa shape index (κ3) is 7.00. The van der Waals surface area contributed by atoms with Crippen molar-refractivity contribution in [2.24, 2.45) is 5.92 Å². The first-order valence-electron chi connectivity index (χ1n) is 12.4. The number of carbonyl (C=O) groups is 2. The Morgan fingerprint density at radius 3 is 2.49 bits per heavy atom. The summed E-state index contributed by atoms with van der Waals surface area (Å²) in [6.07, 6.45) is 4.75. The zero-order valence-corrected chi connectivity index (χ0v) is 22.8. The summed E-state index contributed by atoms with van der Waals surface area (Å²) in [5.41, 5.74) is 1.65. The number of amides is 1. The summed E-state index contributed by atoms with van der Waals surface area (Å²) in [4.78, 5) is 32.0. The van der Waals surface area contributed by atoms with E-state index in [-0.39, 0.29) is 18.4 Å². The first kappa shape index (κ1) is 27.8. The van der Waals surface area contributed by atoms with Crippen molar-refractivity contribution in [2.75, 3.05) is 57.3 Å². The molecule has 0 saturated carbocycles. The molecule has 2 aromatic carbocycles. The fraction of sp³-hybridized carbons (Fsp3) is 0.407. The number of nitrogens with zero attached hydrogens (tertiary/aromatic N) is 3. The van der Waals surface area contributed by atoms with E-state index in [2.05, 4.69) is 9.80 Å². The van der Waals surface area contributed by atoms with E-state index in [9.17, 15) is 14.7 Å². The number of benzene rings is 2. The summed E-state index contributed by atoms with van der Waals surface area (Å²) in [5, 5.41) is 19.3. The van der Waals surface area contributed by atoms with Crippen molar-refractivity contribution >= 4 is 58.6 Å². The minimum absolute atomic E-state index is 0.0792. The molecule has 10 heteroatoms. The normalized spacial score (nSPS) is 18.9. The molecule has 0 bridgehead atoms. The van der Waals surface area contributed by atoms with E-state index < -0.39 is 5.97 Å². The van der Waals surface area contributed by atoms with Crippen molar-refractivity contribution in [2.45, 2.75) is 22.6 Å². The summed E-state index contributed by atoms with van der Waals surface area (Å²) in [6.45, 7) is 4.77. The van der Waals surface area contributed by atoms with Crippen LogP contribution in [0.25, 0.3) is 6.08 Å². The van der Waals surface area contributed by atoms with Crippen LogP contribution in [-0.4, -0.2) is 84.3 Å². The van der Waals surface area contributed by atoms with Gasteiger partial charge in [-0.2, -0.15) is 0 Å². The summed E-state index contributed by atoms with van der Waals surface area (Å²) in [6, 6.07) is 11.7. The number of carboxylic acid groups (broad SMARTS) is 1. The molecule has 2 heterocycles. The molecular formula is C27H31Cl2N3O4S. The summed E-state index contributed by atoms with van der Waals surface area (Å²) < 4.78 is 0. The number of hydrogen-bond acceptors (Lipinski definition) is 6. The highest BCUT2D eigenvalue weighted by Crippen LogP contribution is 2.43. The number of piperazine rings is 1. The molecule has 2 fully saturated rings. The van der Waals surface area contributed by atoms with E-state index in [1.807, 2.05) is 36.4 Å². The van der Waals surface area contributed by atoms with E-state index >= 15 is 0 Å². The molecule has 1 atom stereocenters. The molecule has 1 unspecified atom stereocenters. The van der Waals surface area contributed by atoms with Gasteiger partial charge in [-0.05, 0) is 42.7 Å². The Hall–Kier alpha value is -2.23. The Morgan fingerprint density at radius 1 is 1.00 bits per heavy atom. The second-order valence-corrected chi connectivity index (χ2v) is 11.0. The Balaban J connectivity index is 1.45. The van der Waals surface area contributed by atoms with Gasteiger partial charge in [0.05, 0.1) is 28.3 Å². The Morgan fingerprint density at radius 2 is 1.76 bits per heavy atom. The second-order valence-electron chi connectivity index (χ2n) is 9.20. The molecule has 0 spiro atoms. The molecule has 0 aromatic heterocycles. The highest BCUT2D eigenvalue weighted by molar-refractivity contribution is 7.99. The number of β-amino-alcohol motifs (C(OH)–C–C–N with tert-alkyl or cyclic N) is 1. The predicted molar refractivity (Wildman–Crippen MR) is 149 cm³/mol. The molecule has 2 aliphatic rings. The van der Waals surface area contributed by atoms with Gasteiger partial charge in [-0.1, -0.05) is 53.2 Å². The number of rotatable bonds is 8. The van der Waals surface area contributed by atoms with Crippen LogP contribution in [0.5, 0.6) is 0 Å². The van der Waals surface area contributed by atoms with Gasteiger partial charge < -0.3 is 20.0 Å². The summed E-state index contributed by atoms with van der Waals surface area (Å²) in [7, 11) is 0. The zero-order chi connectivity index (χ0) is 26.4. The molecule has 2 N–H and O–H groups in total. The van der Waals surface area contributed by atoms with Gasteiger partial charge in [0, 0.05) is 61.7 Å². The van der Waals surface area contributed by atoms with Gasteiger partial charge >= 0.3 is 5.97 Å². The van der Waals surface area contributed by atoms with Gasteiger partial charge in [0.25, 0.3) is 0 Å². The maximum absolute atomic E-state index is 12.6. The Bertz CT molecular complexity index is 1150. The average Bonchev–Trinajstić information content (AvgIpc) is 2.91. The van der Waals surface area contributed by atoms with Crippen molar-refractivity contribution in [3.05, 3.63) is 58.1 Å². The maximum Gasteiger partial charge on any atom is 0.308 e. The van der Waals surface area contributed by atoms with Crippen LogP contribution in [0, 0.1) is 5.92 Å². The molecule has 2 aromatic rings. The zero-order valence-electron chi connectivity index (χ0n) is 20.5. The molecule has 2 saturated heterocycles. The second kappa shape index (κ2) is 13.0. The molecule has 1 amide bonds. The highest BCUT2D eigenvalue weighted by atomic mass is 35.5. The third-order valence-corrected chi connectivity index (χ3v) is 8.91. The SMILES string of the molecule is O=C(O)C1CCCN(c2ccccc2Sc2ccc(C=CC(=O)N3CCN(CCO)CC3)c(Cl)c2Cl)C1. The number of carbonyl (C=O) groups excluding carboxylic acids is 1. The lowest BCUT2D eigenvalue weighted by molar-refractivity contribution is -0.142. The fourth-order valence-electron chi connectivity index (χ4n) is 4.67. The number of para-hydroxylation sites is 1. The fourth-order valence-corrected chi connectivity index (χ4v) is 6.26. The van der Waals surface area contributed by atoms with E-state index in [1.165, 1.54) is 17.8 Å². The highest BCUT2D eigenvalue weighted by Gasteiger charge is 2.27. The van der Waals surface area contributed by atoms with Gasteiger partial charge in [0.15, 0.2) is 0 Å². The van der Waals surface area contributed by atoms with Gasteiger partial charge in [-0.15, -0.1) is 0 Å². The van der Waals surface area contributed by atoms with E-state index in [0.717, 1.165) is 41.5 Å². The Kier molecular flexibility index (Phi) is 9.78. The lowest BCUT2D eigenvalue weighted by Crippen LogP contribution is -2.48. The van der Waals surface area contributed by atoms with Gasteiger partial charge in [0.2, 0.25) is 5.91 Å². The smallest absolute Gasteiger partial charge is 0.308 e. The van der Waals surface area contributed by atoms with Crippen LogP contribution in [-0.2, 0) is 9.59 Å². The quantitative estimate of drug-likeness (QED) is 0.454. The first-order chi connectivity index (χ1) is 17.9. The number of halogens is 2. The molecule has 37 heavy (non-hydrogen) atoms. The van der Waals surface area contributed by atoms with Crippen LogP contribution in [0.1, 0.15) is 18.4 Å². The third-order valence-electron chi connectivity index (χ3n) is 6.78. The van der Waals surface area contributed by atoms with Crippen LogP contribution in [0.4, 0.5) is 5.69 Å². The largest absolute Gasteiger partial charge is 0.481 e. The molecule has 198 valence electrons. The molecular weight excluding hydrogens is 533 g/mol. The van der Waals surface area contributed by atoms with Crippen LogP contribution >= 0.6 is 35.0 Å². The average molecular weight is 565 g/mol. The van der Waals surface area contributed by atoms with Crippen molar-refractivity contribution in [3.63, 3.8) is 0 Å². The van der Waals surface area contributed by atoms with E-state index in [0.29, 0.717) is 48.2 Å². The number of aliphatic hydroxyl groups is 1. The summed E-state index contributed by atoms with van der Waals surface area (Å²) in [5.74, 6) is -1.21. The minimum Gasteiger partial charge on any atom is -0.481 e. The predicted octanol–water partition coefficient (Wildman–Crippen LogP) is 4.60. The standard InChI is InChI=1S/C27H31Cl2N3O4S/c28-25-19(8-10-24(34)31-14-12-30(13-15-31)16-17-33)7-9-23(26(25)29)37-22-6-2-1-5-21(22)32-11-3-4-20(18-32)27(35)36/h1-2,5-10,20,33H,3-4,11-18H2,(H,35,36). The first-order valence-corrected chi connectivity index (χ1v) is 14.0. The van der Waals surface area contributed by atoms with Gasteiger partial charge in [-0.25, -0.2) is 0 Å². The number of aliphatic hydroxyl groups excluding tert-OH is 1. The minimum atomic E-state index is -0.754. The summed E-state index contributed by atoms with van der Waals surface area (Å²) >= 11 is 14.8. The maximum atomic E-state index is 12.6. The van der Waals surface area contributed by atoms with E-state index in [4.69, 9.17) is 28.3 Å². The van der Waals surface area contributed by atoms with Crippen molar-refractivity contribution < 1.29 is 19.8 Å². The monoisotopic (exact) mass is 563 g/mol. The molecule has 7 nitrogen and oxygen atoms in total. The van der Waals surface area contributed by atoms with E-state index in [1.54, 1.807) is 11.0 Å². The lowest BCUT2D eigenvalue weighted by atomic mass is 9.98. The van der Waals surface area contributed by atoms with Crippen molar-refractivity contribution in [1.29, 1.82) is 0 Å². The number of anilines is 1. The molecule has 0 radical (unpaired) electrons.